The smallest absolute Gasteiger partial charge is 0.317 e. The topological polar surface area (TPSA) is 88.2 Å². The second-order valence-electron chi connectivity index (χ2n) is 10.3. The fourth-order valence-electron chi connectivity index (χ4n) is 4.50. The molecular weight excluding hydrogens is 480 g/mol. The molecule has 8 nitrogen and oxygen atoms in total. The molecule has 0 amide bonds. The van der Waals surface area contributed by atoms with E-state index in [-0.39, 0.29) is 11.9 Å². The average Bonchev–Trinajstić information content (AvgIpc) is 3.57. The van der Waals surface area contributed by atoms with Crippen molar-refractivity contribution in [1.82, 2.24) is 19.6 Å². The molecule has 0 radical (unpaired) electrons. The van der Waals surface area contributed by atoms with Crippen LogP contribution in [0.15, 0.2) is 72.8 Å². The van der Waals surface area contributed by atoms with Gasteiger partial charge in [-0.2, -0.15) is 10.2 Å². The van der Waals surface area contributed by atoms with Crippen LogP contribution in [0.2, 0.25) is 0 Å². The Hall–Kier alpha value is -4.20. The quantitative estimate of drug-likeness (QED) is 0.300. The lowest BCUT2D eigenvalue weighted by molar-refractivity contribution is -0.147. The molecule has 0 aliphatic rings. The maximum absolute atomic E-state index is 12.6. The maximum atomic E-state index is 12.6. The molecule has 0 fully saturated rings. The van der Waals surface area contributed by atoms with Crippen molar-refractivity contribution in [3.05, 3.63) is 95.6 Å². The van der Waals surface area contributed by atoms with Crippen molar-refractivity contribution in [2.24, 2.45) is 0 Å². The number of rotatable bonds is 9. The molecule has 0 bridgehead atoms. The van der Waals surface area contributed by atoms with Crippen LogP contribution in [-0.4, -0.2) is 45.7 Å². The van der Waals surface area contributed by atoms with Crippen LogP contribution in [0.1, 0.15) is 50.5 Å². The van der Waals surface area contributed by atoms with Gasteiger partial charge in [0.2, 0.25) is 0 Å². The van der Waals surface area contributed by atoms with Gasteiger partial charge in [-0.25, -0.2) is 9.36 Å². The molecule has 198 valence electrons. The summed E-state index contributed by atoms with van der Waals surface area (Å²) in [7, 11) is 2.79. The van der Waals surface area contributed by atoms with Crippen LogP contribution < -0.4 is 0 Å². The lowest BCUT2D eigenvalue weighted by Crippen LogP contribution is -2.32. The second kappa shape index (κ2) is 10.7. The van der Waals surface area contributed by atoms with Gasteiger partial charge in [-0.05, 0) is 76.9 Å². The summed E-state index contributed by atoms with van der Waals surface area (Å²) in [6, 6.07) is 23.4. The largest absolute Gasteiger partial charge is 0.468 e. The number of aromatic nitrogens is 4. The second-order valence-corrected chi connectivity index (χ2v) is 10.3. The van der Waals surface area contributed by atoms with Crippen LogP contribution >= 0.6 is 0 Å². The van der Waals surface area contributed by atoms with Crippen molar-refractivity contribution in [3.63, 3.8) is 0 Å². The Balaban J connectivity index is 1.70. The first-order valence-corrected chi connectivity index (χ1v) is 12.6. The van der Waals surface area contributed by atoms with Gasteiger partial charge in [0.15, 0.2) is 0 Å². The molecule has 0 saturated carbocycles. The normalized spacial score (nSPS) is 11.8. The summed E-state index contributed by atoms with van der Waals surface area (Å²) in [6.07, 6.45) is 1.18. The third kappa shape index (κ3) is 5.11. The number of aryl methyl sites for hydroxylation is 2. The van der Waals surface area contributed by atoms with E-state index in [9.17, 15) is 9.59 Å². The maximum Gasteiger partial charge on any atom is 0.317 e. The van der Waals surface area contributed by atoms with Crippen molar-refractivity contribution in [2.45, 2.75) is 51.4 Å². The summed E-state index contributed by atoms with van der Waals surface area (Å²) in [6.45, 7) is 7.34. The van der Waals surface area contributed by atoms with Crippen LogP contribution in [0.25, 0.3) is 11.4 Å². The van der Waals surface area contributed by atoms with Gasteiger partial charge in [0.25, 0.3) is 0 Å². The molecule has 0 unspecified atom stereocenters. The summed E-state index contributed by atoms with van der Waals surface area (Å²) in [4.78, 5) is 25.3. The Morgan fingerprint density at radius 3 is 1.32 bits per heavy atom. The monoisotopic (exact) mass is 514 g/mol. The van der Waals surface area contributed by atoms with Gasteiger partial charge in [-0.1, -0.05) is 36.4 Å². The molecule has 4 rings (SSSR count). The molecule has 8 heteroatoms. The first-order chi connectivity index (χ1) is 18.1. The van der Waals surface area contributed by atoms with Gasteiger partial charge >= 0.3 is 11.9 Å². The summed E-state index contributed by atoms with van der Waals surface area (Å²) in [5, 5.41) is 9.71. The molecule has 0 N–H and O–H groups in total. The number of ether oxygens (including phenoxy) is 2. The number of carbonyl (C=O) groups excluding carboxylic acids is 2. The van der Waals surface area contributed by atoms with E-state index in [2.05, 4.69) is 0 Å². The fourth-order valence-corrected chi connectivity index (χ4v) is 4.50. The average molecular weight is 515 g/mol. The van der Waals surface area contributed by atoms with Crippen molar-refractivity contribution in [2.75, 3.05) is 14.2 Å². The zero-order valence-electron chi connectivity index (χ0n) is 22.8. The number of carbonyl (C=O) groups is 2. The number of hydrogen-bond donors (Lipinski definition) is 0. The van der Waals surface area contributed by atoms with E-state index in [1.807, 2.05) is 100 Å². The predicted octanol–water partition coefficient (Wildman–Crippen LogP) is 4.74. The first-order valence-electron chi connectivity index (χ1n) is 12.6. The molecular formula is C30H34N4O4. The number of esters is 2. The number of benzene rings is 2. The zero-order chi connectivity index (χ0) is 27.5. The Kier molecular flexibility index (Phi) is 7.53. The van der Waals surface area contributed by atoms with Crippen molar-refractivity contribution in [1.29, 1.82) is 0 Å². The van der Waals surface area contributed by atoms with E-state index >= 15 is 0 Å². The van der Waals surface area contributed by atoms with E-state index in [0.29, 0.717) is 12.8 Å². The van der Waals surface area contributed by atoms with Crippen LogP contribution in [0.4, 0.5) is 0 Å². The lowest BCUT2D eigenvalue weighted by atomic mass is 9.88. The summed E-state index contributed by atoms with van der Waals surface area (Å²) >= 11 is 0. The highest BCUT2D eigenvalue weighted by molar-refractivity contribution is 5.82. The van der Waals surface area contributed by atoms with Crippen LogP contribution in [0, 0.1) is 0 Å². The van der Waals surface area contributed by atoms with Crippen molar-refractivity contribution < 1.29 is 19.1 Å². The van der Waals surface area contributed by atoms with Crippen molar-refractivity contribution in [3.8, 4) is 11.4 Å². The summed E-state index contributed by atoms with van der Waals surface area (Å²) < 4.78 is 13.8. The van der Waals surface area contributed by atoms with E-state index in [1.54, 1.807) is 9.36 Å². The highest BCUT2D eigenvalue weighted by atomic mass is 16.5. The van der Waals surface area contributed by atoms with Gasteiger partial charge in [0.05, 0.1) is 48.4 Å². The molecule has 38 heavy (non-hydrogen) atoms. The Morgan fingerprint density at radius 1 is 0.658 bits per heavy atom. The molecule has 0 aliphatic heterocycles. The highest BCUT2D eigenvalue weighted by Gasteiger charge is 2.37. The Morgan fingerprint density at radius 2 is 1.00 bits per heavy atom. The minimum atomic E-state index is -0.900. The van der Waals surface area contributed by atoms with Gasteiger partial charge in [-0.15, -0.1) is 0 Å². The predicted molar refractivity (Wildman–Crippen MR) is 145 cm³/mol. The number of methoxy groups -OCH3 is 2. The molecule has 2 aromatic carbocycles. The molecule has 2 heterocycles. The van der Waals surface area contributed by atoms with Gasteiger partial charge in [0.1, 0.15) is 10.8 Å². The molecule has 0 saturated heterocycles. The Bertz CT molecular complexity index is 1310. The number of nitrogens with zero attached hydrogens (tertiary/aromatic N) is 4. The summed E-state index contributed by atoms with van der Waals surface area (Å²) in [5.41, 5.74) is 3.06. The molecule has 0 aliphatic carbocycles. The summed E-state index contributed by atoms with van der Waals surface area (Å²) in [5.74, 6) is -0.671. The van der Waals surface area contributed by atoms with E-state index in [1.165, 1.54) is 14.2 Å². The molecule has 2 aromatic heterocycles. The minimum Gasteiger partial charge on any atom is -0.468 e. The molecule has 4 aromatic rings. The SMILES string of the molecule is COC(=O)C(C)(C)c1cc(CCc2cc(C(C)(C)C(=O)OC)n(-c3ccccc3)n2)nn1-c1ccccc1. The van der Waals surface area contributed by atoms with Crippen molar-refractivity contribution >= 4 is 11.9 Å². The zero-order valence-corrected chi connectivity index (χ0v) is 22.8. The van der Waals surface area contributed by atoms with Gasteiger partial charge < -0.3 is 9.47 Å². The lowest BCUT2D eigenvalue weighted by Gasteiger charge is -2.22. The Labute approximate surface area is 223 Å². The van der Waals surface area contributed by atoms with Gasteiger partial charge in [0, 0.05) is 0 Å². The highest BCUT2D eigenvalue weighted by Crippen LogP contribution is 2.30. The van der Waals surface area contributed by atoms with Crippen LogP contribution in [-0.2, 0) is 42.7 Å². The molecule has 0 spiro atoms. The molecule has 0 atom stereocenters. The first kappa shape index (κ1) is 26.9. The minimum absolute atomic E-state index is 0.336. The van der Waals surface area contributed by atoms with E-state index in [4.69, 9.17) is 19.7 Å². The third-order valence-corrected chi connectivity index (χ3v) is 6.83. The number of hydrogen-bond acceptors (Lipinski definition) is 6. The standard InChI is InChI=1S/C30H34N4O4/c1-29(2,27(35)37-5)25-19-21(31-33(25)23-13-9-7-10-14-23)17-18-22-20-26(30(3,4)28(36)38-6)34(32-22)24-15-11-8-12-16-24/h7-16,19-20H,17-18H2,1-6H3. The third-order valence-electron chi connectivity index (χ3n) is 6.83. The van der Waals surface area contributed by atoms with Gasteiger partial charge in [-0.3, -0.25) is 9.59 Å². The van der Waals surface area contributed by atoms with Crippen LogP contribution in [0.3, 0.4) is 0 Å². The van der Waals surface area contributed by atoms with Crippen LogP contribution in [0.5, 0.6) is 0 Å². The van der Waals surface area contributed by atoms with E-state index in [0.717, 1.165) is 34.2 Å². The van der Waals surface area contributed by atoms with E-state index < -0.39 is 10.8 Å². The number of para-hydroxylation sites is 2. The fraction of sp³-hybridized carbons (Fsp3) is 0.333.